The number of likely N-dealkylation sites (tertiary alicyclic amines) is 1. The first kappa shape index (κ1) is 12.2. The van der Waals surface area contributed by atoms with E-state index in [-0.39, 0.29) is 11.8 Å². The molecule has 6 nitrogen and oxygen atoms in total. The van der Waals surface area contributed by atoms with Gasteiger partial charge in [0.15, 0.2) is 5.96 Å². The number of nitrogens with one attached hydrogen (secondary N) is 2. The average Bonchev–Trinajstić information content (AvgIpc) is 2.90. The second-order valence-corrected chi connectivity index (χ2v) is 4.50. The number of hydrogen-bond donors (Lipinski definition) is 3. The maximum absolute atomic E-state index is 11.9. The number of nitrogens with zero attached hydrogens (tertiary/aromatic N) is 2. The summed E-state index contributed by atoms with van der Waals surface area (Å²) in [5, 5.41) is 6.12. The van der Waals surface area contributed by atoms with Crippen molar-refractivity contribution in [2.24, 2.45) is 16.6 Å². The lowest BCUT2D eigenvalue weighted by atomic mass is 9.97. The van der Waals surface area contributed by atoms with Gasteiger partial charge in [0.1, 0.15) is 0 Å². The lowest BCUT2D eigenvalue weighted by Gasteiger charge is -2.33. The highest BCUT2D eigenvalue weighted by Gasteiger charge is 2.27. The van der Waals surface area contributed by atoms with Gasteiger partial charge in [0.05, 0.1) is 12.5 Å². The molecule has 2 aliphatic heterocycles. The average molecular weight is 239 g/mol. The van der Waals surface area contributed by atoms with Gasteiger partial charge in [-0.15, -0.1) is 0 Å². The largest absolute Gasteiger partial charge is 0.355 e. The van der Waals surface area contributed by atoms with E-state index < -0.39 is 0 Å². The van der Waals surface area contributed by atoms with E-state index in [0.29, 0.717) is 13.1 Å². The predicted molar refractivity (Wildman–Crippen MR) is 66.7 cm³/mol. The summed E-state index contributed by atoms with van der Waals surface area (Å²) < 4.78 is 0. The quantitative estimate of drug-likeness (QED) is 0.573. The SMILES string of the molecule is NCCNC(=O)C1CCCN(C2=NCCN2)C1. The molecular weight excluding hydrogens is 218 g/mol. The van der Waals surface area contributed by atoms with Gasteiger partial charge < -0.3 is 21.3 Å². The van der Waals surface area contributed by atoms with Crippen molar-refractivity contribution in [3.05, 3.63) is 0 Å². The normalized spacial score (nSPS) is 24.2. The molecule has 2 aliphatic rings. The first-order chi connectivity index (χ1) is 8.31. The maximum atomic E-state index is 11.9. The zero-order valence-corrected chi connectivity index (χ0v) is 10.1. The van der Waals surface area contributed by atoms with E-state index in [1.807, 2.05) is 0 Å². The summed E-state index contributed by atoms with van der Waals surface area (Å²) >= 11 is 0. The molecule has 0 radical (unpaired) electrons. The Morgan fingerprint density at radius 2 is 2.53 bits per heavy atom. The first-order valence-electron chi connectivity index (χ1n) is 6.32. The number of hydrogen-bond acceptors (Lipinski definition) is 5. The topological polar surface area (TPSA) is 82.8 Å². The van der Waals surface area contributed by atoms with Gasteiger partial charge in [-0.25, -0.2) is 0 Å². The van der Waals surface area contributed by atoms with Crippen LogP contribution in [-0.2, 0) is 4.79 Å². The fourth-order valence-corrected chi connectivity index (χ4v) is 2.32. The standard InChI is InChI=1S/C11H21N5O/c12-3-4-13-10(17)9-2-1-7-16(8-9)11-14-5-6-15-11/h9H,1-8,12H2,(H,13,17)(H,14,15). The van der Waals surface area contributed by atoms with E-state index in [1.165, 1.54) is 0 Å². The Hall–Kier alpha value is -1.30. The molecule has 96 valence electrons. The molecule has 1 fully saturated rings. The lowest BCUT2D eigenvalue weighted by molar-refractivity contribution is -0.126. The third-order valence-corrected chi connectivity index (χ3v) is 3.19. The van der Waals surface area contributed by atoms with Gasteiger partial charge in [-0.1, -0.05) is 0 Å². The van der Waals surface area contributed by atoms with E-state index in [1.54, 1.807) is 0 Å². The van der Waals surface area contributed by atoms with Crippen LogP contribution in [0.1, 0.15) is 12.8 Å². The zero-order valence-electron chi connectivity index (χ0n) is 10.1. The molecule has 0 spiro atoms. The summed E-state index contributed by atoms with van der Waals surface area (Å²) in [5.41, 5.74) is 5.38. The summed E-state index contributed by atoms with van der Waals surface area (Å²) in [6.45, 7) is 4.57. The van der Waals surface area contributed by atoms with Crippen LogP contribution in [-0.4, -0.2) is 56.0 Å². The Morgan fingerprint density at radius 3 is 3.24 bits per heavy atom. The smallest absolute Gasteiger partial charge is 0.224 e. The van der Waals surface area contributed by atoms with Gasteiger partial charge in [0.2, 0.25) is 5.91 Å². The third kappa shape index (κ3) is 3.09. The van der Waals surface area contributed by atoms with Crippen LogP contribution in [0.25, 0.3) is 0 Å². The van der Waals surface area contributed by atoms with Crippen molar-refractivity contribution in [1.82, 2.24) is 15.5 Å². The van der Waals surface area contributed by atoms with Crippen LogP contribution < -0.4 is 16.4 Å². The molecule has 0 bridgehead atoms. The minimum Gasteiger partial charge on any atom is -0.355 e. The second kappa shape index (κ2) is 5.86. The van der Waals surface area contributed by atoms with Gasteiger partial charge in [0, 0.05) is 32.7 Å². The van der Waals surface area contributed by atoms with Gasteiger partial charge in [-0.05, 0) is 12.8 Å². The summed E-state index contributed by atoms with van der Waals surface area (Å²) in [7, 11) is 0. The van der Waals surface area contributed by atoms with Gasteiger partial charge >= 0.3 is 0 Å². The van der Waals surface area contributed by atoms with Crippen LogP contribution >= 0.6 is 0 Å². The molecule has 1 unspecified atom stereocenters. The highest BCUT2D eigenvalue weighted by atomic mass is 16.1. The van der Waals surface area contributed by atoms with Crippen LogP contribution in [0.15, 0.2) is 4.99 Å². The number of carbonyl (C=O) groups excluding carboxylic acids is 1. The number of rotatable bonds is 3. The molecule has 0 aromatic rings. The Morgan fingerprint density at radius 1 is 1.65 bits per heavy atom. The number of nitrogens with two attached hydrogens (primary N) is 1. The minimum absolute atomic E-state index is 0.0698. The number of carbonyl (C=O) groups is 1. The monoisotopic (exact) mass is 239 g/mol. The molecule has 6 heteroatoms. The van der Waals surface area contributed by atoms with Crippen molar-refractivity contribution in [2.75, 3.05) is 39.3 Å². The number of piperidine rings is 1. The van der Waals surface area contributed by atoms with E-state index in [0.717, 1.165) is 45.0 Å². The number of aliphatic imine (C=N–C) groups is 1. The van der Waals surface area contributed by atoms with Crippen LogP contribution in [0.4, 0.5) is 0 Å². The molecule has 4 N–H and O–H groups in total. The first-order valence-corrected chi connectivity index (χ1v) is 6.32. The van der Waals surface area contributed by atoms with E-state index >= 15 is 0 Å². The van der Waals surface area contributed by atoms with Crippen molar-refractivity contribution in [3.8, 4) is 0 Å². The summed E-state index contributed by atoms with van der Waals surface area (Å²) in [5.74, 6) is 1.15. The Balaban J connectivity index is 1.85. The molecule has 0 aromatic heterocycles. The summed E-state index contributed by atoms with van der Waals surface area (Å²) in [4.78, 5) is 18.4. The molecule has 2 rings (SSSR count). The van der Waals surface area contributed by atoms with Gasteiger partial charge in [-0.3, -0.25) is 9.79 Å². The Kier molecular flexibility index (Phi) is 4.19. The van der Waals surface area contributed by atoms with E-state index in [2.05, 4.69) is 20.5 Å². The number of guanidine groups is 1. The number of amides is 1. The minimum atomic E-state index is 0.0698. The molecular formula is C11H21N5O. The zero-order chi connectivity index (χ0) is 12.1. The molecule has 0 aromatic carbocycles. The maximum Gasteiger partial charge on any atom is 0.224 e. The fourth-order valence-electron chi connectivity index (χ4n) is 2.32. The molecule has 1 saturated heterocycles. The van der Waals surface area contributed by atoms with E-state index in [4.69, 9.17) is 5.73 Å². The van der Waals surface area contributed by atoms with Crippen LogP contribution in [0.2, 0.25) is 0 Å². The van der Waals surface area contributed by atoms with Gasteiger partial charge in [0.25, 0.3) is 0 Å². The Labute approximate surface area is 102 Å². The van der Waals surface area contributed by atoms with Crippen molar-refractivity contribution < 1.29 is 4.79 Å². The molecule has 1 amide bonds. The predicted octanol–water partition coefficient (Wildman–Crippen LogP) is -1.27. The molecule has 0 saturated carbocycles. The van der Waals surface area contributed by atoms with Crippen molar-refractivity contribution in [3.63, 3.8) is 0 Å². The molecule has 1 atom stereocenters. The molecule has 2 heterocycles. The Bertz CT molecular complexity index is 304. The fraction of sp³-hybridized carbons (Fsp3) is 0.818. The lowest BCUT2D eigenvalue weighted by Crippen LogP contribution is -2.48. The van der Waals surface area contributed by atoms with Crippen LogP contribution in [0.3, 0.4) is 0 Å². The highest BCUT2D eigenvalue weighted by Crippen LogP contribution is 2.17. The second-order valence-electron chi connectivity index (χ2n) is 4.50. The van der Waals surface area contributed by atoms with Crippen LogP contribution in [0.5, 0.6) is 0 Å². The third-order valence-electron chi connectivity index (χ3n) is 3.19. The summed E-state index contributed by atoms with van der Waals surface area (Å²) in [6, 6.07) is 0. The van der Waals surface area contributed by atoms with Gasteiger partial charge in [-0.2, -0.15) is 0 Å². The van der Waals surface area contributed by atoms with Crippen molar-refractivity contribution in [1.29, 1.82) is 0 Å². The molecule has 0 aliphatic carbocycles. The highest BCUT2D eigenvalue weighted by molar-refractivity contribution is 5.83. The summed E-state index contributed by atoms with van der Waals surface area (Å²) in [6.07, 6.45) is 2.00. The van der Waals surface area contributed by atoms with Crippen LogP contribution in [0, 0.1) is 5.92 Å². The molecule has 17 heavy (non-hydrogen) atoms. The van der Waals surface area contributed by atoms with Crippen molar-refractivity contribution in [2.45, 2.75) is 12.8 Å². The van der Waals surface area contributed by atoms with E-state index in [9.17, 15) is 4.79 Å². The van der Waals surface area contributed by atoms with Crippen molar-refractivity contribution >= 4 is 11.9 Å².